The number of unbranched alkanes of at least 4 members (excludes halogenated alkanes) is 13. The van der Waals surface area contributed by atoms with E-state index in [-0.39, 0.29) is 24.7 Å². The molecule has 1 unspecified atom stereocenters. The number of para-hydroxylation sites is 1. The molecule has 200 valence electrons. The Bertz CT molecular complexity index is 1020. The molecule has 2 aliphatic heterocycles. The third kappa shape index (κ3) is 8.49. The Labute approximate surface area is 216 Å². The van der Waals surface area contributed by atoms with Crippen LogP contribution in [-0.2, 0) is 14.9 Å². The van der Waals surface area contributed by atoms with E-state index in [2.05, 4.69) is 22.3 Å². The Kier molecular flexibility index (Phi) is 11.5. The quantitative estimate of drug-likeness (QED) is 0.212. The summed E-state index contributed by atoms with van der Waals surface area (Å²) in [5.74, 6) is 0.0388. The molecule has 0 aliphatic carbocycles. The first kappa shape index (κ1) is 28.5. The molecule has 36 heavy (non-hydrogen) atoms. The van der Waals surface area contributed by atoms with E-state index in [1.165, 1.54) is 69.2 Å². The van der Waals surface area contributed by atoms with Gasteiger partial charge in [0, 0.05) is 5.56 Å². The van der Waals surface area contributed by atoms with E-state index in [0.717, 1.165) is 19.3 Å². The minimum atomic E-state index is -4.65. The number of nitrogens with one attached hydrogen (secondary N) is 1. The van der Waals surface area contributed by atoms with Crippen LogP contribution in [0.4, 0.5) is 5.69 Å². The largest absolute Gasteiger partial charge is 0.747 e. The number of carbonyl (C=O) groups excluding carboxylic acids is 1. The van der Waals surface area contributed by atoms with Crippen molar-refractivity contribution < 1.29 is 17.8 Å². The van der Waals surface area contributed by atoms with Gasteiger partial charge in [0.15, 0.2) is 5.84 Å². The number of nitrogens with zero attached hydrogens (tertiary/aromatic N) is 3. The van der Waals surface area contributed by atoms with Crippen LogP contribution in [0.25, 0.3) is 0 Å². The van der Waals surface area contributed by atoms with Gasteiger partial charge in [0.25, 0.3) is 5.91 Å². The minimum Gasteiger partial charge on any atom is -0.747 e. The third-order valence-electron chi connectivity index (χ3n) is 6.90. The Morgan fingerprint density at radius 2 is 1.44 bits per heavy atom. The van der Waals surface area contributed by atoms with Gasteiger partial charge in [-0.2, -0.15) is 4.99 Å². The maximum atomic E-state index is 12.2. The minimum absolute atomic E-state index is 0.0742. The summed E-state index contributed by atoms with van der Waals surface area (Å²) in [5, 5.41) is 0.113. The highest BCUT2D eigenvalue weighted by atomic mass is 32.2. The SMILES string of the molecule is CCCCCCCCCCCCCCCCC(C1=Nc2ccccc2C2=NC(=O)CNN21)S(=O)(=O)[O-]. The number of aliphatic imine (C=N–C) groups is 2. The average molecular weight is 518 g/mol. The van der Waals surface area contributed by atoms with Crippen molar-refractivity contribution in [1.29, 1.82) is 0 Å². The normalized spacial score (nSPS) is 16.3. The van der Waals surface area contributed by atoms with E-state index in [1.54, 1.807) is 24.3 Å². The maximum absolute atomic E-state index is 12.2. The molecule has 1 aromatic rings. The summed E-state index contributed by atoms with van der Waals surface area (Å²) in [7, 11) is -4.65. The lowest BCUT2D eigenvalue weighted by Crippen LogP contribution is -2.58. The highest BCUT2D eigenvalue weighted by Crippen LogP contribution is 2.30. The van der Waals surface area contributed by atoms with Crippen molar-refractivity contribution in [2.24, 2.45) is 9.98 Å². The zero-order valence-corrected chi connectivity index (χ0v) is 22.4. The summed E-state index contributed by atoms with van der Waals surface area (Å²) in [4.78, 5) is 20.5. The number of rotatable bonds is 17. The molecule has 0 bridgehead atoms. The number of fused-ring (bicyclic) bond motifs is 3. The van der Waals surface area contributed by atoms with Gasteiger partial charge in [-0.05, 0) is 18.6 Å². The summed E-state index contributed by atoms with van der Waals surface area (Å²) >= 11 is 0. The van der Waals surface area contributed by atoms with Gasteiger partial charge in [0.2, 0.25) is 0 Å². The van der Waals surface area contributed by atoms with Crippen LogP contribution in [0.5, 0.6) is 0 Å². The molecule has 2 heterocycles. The number of amides is 1. The van der Waals surface area contributed by atoms with Crippen LogP contribution in [0.2, 0.25) is 0 Å². The zero-order valence-electron chi connectivity index (χ0n) is 21.6. The lowest BCUT2D eigenvalue weighted by atomic mass is 10.0. The monoisotopic (exact) mass is 517 g/mol. The number of hydrazine groups is 1. The first-order chi connectivity index (χ1) is 17.4. The van der Waals surface area contributed by atoms with Crippen LogP contribution >= 0.6 is 0 Å². The van der Waals surface area contributed by atoms with Gasteiger partial charge in [-0.15, -0.1) is 0 Å². The molecule has 0 fully saturated rings. The molecule has 0 spiro atoms. The van der Waals surface area contributed by atoms with E-state index in [1.807, 2.05) is 0 Å². The van der Waals surface area contributed by atoms with Gasteiger partial charge in [-0.1, -0.05) is 109 Å². The second kappa shape index (κ2) is 14.6. The maximum Gasteiger partial charge on any atom is 0.263 e. The first-order valence-electron chi connectivity index (χ1n) is 13.7. The summed E-state index contributed by atoms with van der Waals surface area (Å²) in [5.41, 5.74) is 4.02. The number of hydrogen-bond donors (Lipinski definition) is 1. The van der Waals surface area contributed by atoms with Gasteiger partial charge in [0.05, 0.1) is 12.2 Å². The van der Waals surface area contributed by atoms with Crippen LogP contribution in [-0.4, -0.2) is 47.4 Å². The van der Waals surface area contributed by atoms with Crippen LogP contribution < -0.4 is 5.43 Å². The molecule has 1 amide bonds. The van der Waals surface area contributed by atoms with Crippen molar-refractivity contribution >= 4 is 33.4 Å². The van der Waals surface area contributed by atoms with Gasteiger partial charge in [-0.25, -0.2) is 23.8 Å². The Balaban J connectivity index is 1.45. The van der Waals surface area contributed by atoms with Crippen molar-refractivity contribution in [2.45, 2.75) is 108 Å². The van der Waals surface area contributed by atoms with E-state index < -0.39 is 15.4 Å². The molecule has 0 aromatic heterocycles. The third-order valence-corrected chi connectivity index (χ3v) is 8.04. The molecular weight excluding hydrogens is 476 g/mol. The second-order valence-corrected chi connectivity index (χ2v) is 11.4. The molecule has 8 nitrogen and oxygen atoms in total. The predicted molar refractivity (Wildman–Crippen MR) is 143 cm³/mol. The van der Waals surface area contributed by atoms with Crippen LogP contribution in [0.15, 0.2) is 34.3 Å². The van der Waals surface area contributed by atoms with Crippen LogP contribution in [0, 0.1) is 0 Å². The molecule has 0 saturated carbocycles. The lowest BCUT2D eigenvalue weighted by Gasteiger charge is -2.37. The van der Waals surface area contributed by atoms with E-state index in [9.17, 15) is 17.8 Å². The summed E-state index contributed by atoms with van der Waals surface area (Å²) in [6.45, 7) is 2.17. The first-order valence-corrected chi connectivity index (χ1v) is 15.2. The lowest BCUT2D eigenvalue weighted by molar-refractivity contribution is -0.117. The van der Waals surface area contributed by atoms with Crippen molar-refractivity contribution in [3.63, 3.8) is 0 Å². The molecule has 1 N–H and O–H groups in total. The van der Waals surface area contributed by atoms with E-state index in [0.29, 0.717) is 23.5 Å². The van der Waals surface area contributed by atoms with Gasteiger partial charge in [-0.3, -0.25) is 4.79 Å². The molecule has 0 saturated heterocycles. The van der Waals surface area contributed by atoms with Crippen molar-refractivity contribution in [3.05, 3.63) is 29.8 Å². The Morgan fingerprint density at radius 3 is 2.03 bits per heavy atom. The molecule has 1 atom stereocenters. The molecule has 9 heteroatoms. The number of benzene rings is 1. The second-order valence-electron chi connectivity index (χ2n) is 9.85. The average Bonchev–Trinajstić information content (AvgIpc) is 2.85. The van der Waals surface area contributed by atoms with E-state index in [4.69, 9.17) is 0 Å². The Hall–Kier alpha value is -2.10. The highest BCUT2D eigenvalue weighted by molar-refractivity contribution is 7.87. The van der Waals surface area contributed by atoms with Crippen molar-refractivity contribution in [1.82, 2.24) is 10.4 Å². The zero-order chi connectivity index (χ0) is 25.8. The number of hydrogen-bond acceptors (Lipinski definition) is 7. The van der Waals surface area contributed by atoms with Crippen LogP contribution in [0.1, 0.15) is 109 Å². The molecular formula is C27H41N4O4S-. The molecule has 3 rings (SSSR count). The highest BCUT2D eigenvalue weighted by Gasteiger charge is 2.36. The number of amidine groups is 2. The van der Waals surface area contributed by atoms with Gasteiger partial charge in [0.1, 0.15) is 21.2 Å². The summed E-state index contributed by atoms with van der Waals surface area (Å²) in [6.07, 6.45) is 17.0. The van der Waals surface area contributed by atoms with Crippen molar-refractivity contribution in [3.8, 4) is 0 Å². The fraction of sp³-hybridized carbons (Fsp3) is 0.667. The molecule has 2 aliphatic rings. The van der Waals surface area contributed by atoms with Crippen LogP contribution in [0.3, 0.4) is 0 Å². The smallest absolute Gasteiger partial charge is 0.263 e. The fourth-order valence-electron chi connectivity index (χ4n) is 4.88. The standard InChI is InChI=1S/C27H42N4O4S/c1-2-3-4-5-6-7-8-9-10-11-12-13-14-15-20-24(36(33,34)35)27-29-23-19-17-16-18-22(23)26-30-25(32)21-28-31(26)27/h16-19,24,28H,2-15,20-21H2,1H3,(H,33,34,35)/p-1. The molecule has 0 radical (unpaired) electrons. The van der Waals surface area contributed by atoms with Crippen molar-refractivity contribution in [2.75, 3.05) is 6.54 Å². The van der Waals surface area contributed by atoms with Gasteiger partial charge >= 0.3 is 0 Å². The summed E-state index contributed by atoms with van der Waals surface area (Å²) < 4.78 is 36.7. The fourth-order valence-corrected chi connectivity index (χ4v) is 5.75. The summed E-state index contributed by atoms with van der Waals surface area (Å²) in [6, 6.07) is 7.09. The van der Waals surface area contributed by atoms with E-state index >= 15 is 0 Å². The predicted octanol–water partition coefficient (Wildman–Crippen LogP) is 5.61. The topological polar surface area (TPSA) is 114 Å². The Morgan fingerprint density at radius 1 is 0.889 bits per heavy atom. The van der Waals surface area contributed by atoms with Gasteiger partial charge < -0.3 is 4.55 Å². The molecule has 1 aromatic carbocycles. The number of carbonyl (C=O) groups is 1.